The van der Waals surface area contributed by atoms with Crippen LogP contribution in [0.15, 0.2) is 0 Å². The lowest BCUT2D eigenvalue weighted by Gasteiger charge is -2.30. The highest BCUT2D eigenvalue weighted by Crippen LogP contribution is 2.18. The number of rotatable bonds is 4. The summed E-state index contributed by atoms with van der Waals surface area (Å²) in [7, 11) is 2.15. The van der Waals surface area contributed by atoms with Crippen molar-refractivity contribution in [2.75, 3.05) is 26.7 Å². The maximum absolute atomic E-state index is 12.0. The Hall–Kier alpha value is -0.610. The van der Waals surface area contributed by atoms with E-state index < -0.39 is 0 Å². The van der Waals surface area contributed by atoms with Gasteiger partial charge in [-0.25, -0.2) is 0 Å². The van der Waals surface area contributed by atoms with Crippen LogP contribution in [-0.2, 0) is 4.79 Å². The number of carbonyl (C=O) groups is 1. The average Bonchev–Trinajstić information content (AvgIpc) is 2.75. The van der Waals surface area contributed by atoms with Gasteiger partial charge in [-0.2, -0.15) is 0 Å². The third kappa shape index (κ3) is 3.69. The number of likely N-dealkylation sites (N-methyl/N-ethyl adjacent to an activating group) is 1. The minimum Gasteiger partial charge on any atom is -0.354 e. The van der Waals surface area contributed by atoms with E-state index in [0.717, 1.165) is 13.1 Å². The number of piperidine rings is 1. The van der Waals surface area contributed by atoms with Gasteiger partial charge in [0.2, 0.25) is 5.91 Å². The minimum absolute atomic E-state index is 0.210. The largest absolute Gasteiger partial charge is 0.354 e. The van der Waals surface area contributed by atoms with Crippen molar-refractivity contribution in [2.24, 2.45) is 5.92 Å². The predicted molar refractivity (Wildman–Crippen MR) is 73.5 cm³/mol. The molecular weight excluding hydrogens is 226 g/mol. The number of nitrogens with zero attached hydrogens (tertiary/aromatic N) is 1. The van der Waals surface area contributed by atoms with Gasteiger partial charge in [0.15, 0.2) is 0 Å². The average molecular weight is 253 g/mol. The Morgan fingerprint density at radius 2 is 2.22 bits per heavy atom. The molecule has 4 nitrogen and oxygen atoms in total. The number of amides is 1. The first kappa shape index (κ1) is 13.8. The van der Waals surface area contributed by atoms with Crippen LogP contribution >= 0.6 is 0 Å². The van der Waals surface area contributed by atoms with E-state index in [1.54, 1.807) is 0 Å². The normalized spacial score (nSPS) is 33.6. The monoisotopic (exact) mass is 253 g/mol. The van der Waals surface area contributed by atoms with Crippen LogP contribution in [0.2, 0.25) is 0 Å². The van der Waals surface area contributed by atoms with Crippen molar-refractivity contribution >= 4 is 5.91 Å². The second-order valence-electron chi connectivity index (χ2n) is 5.96. The molecule has 4 heteroatoms. The summed E-state index contributed by atoms with van der Waals surface area (Å²) < 4.78 is 0. The first-order chi connectivity index (χ1) is 8.66. The van der Waals surface area contributed by atoms with E-state index in [9.17, 15) is 4.79 Å². The Morgan fingerprint density at radius 3 is 2.89 bits per heavy atom. The van der Waals surface area contributed by atoms with E-state index in [-0.39, 0.29) is 5.91 Å². The molecule has 3 atom stereocenters. The fourth-order valence-electron chi connectivity index (χ4n) is 3.13. The van der Waals surface area contributed by atoms with Gasteiger partial charge in [-0.15, -0.1) is 0 Å². The fourth-order valence-corrected chi connectivity index (χ4v) is 3.13. The maximum Gasteiger partial charge on any atom is 0.221 e. The van der Waals surface area contributed by atoms with Crippen molar-refractivity contribution in [1.29, 1.82) is 0 Å². The zero-order valence-corrected chi connectivity index (χ0v) is 11.7. The molecule has 2 fully saturated rings. The predicted octanol–water partition coefficient (Wildman–Crippen LogP) is 0.975. The van der Waals surface area contributed by atoms with E-state index in [4.69, 9.17) is 0 Å². The van der Waals surface area contributed by atoms with Gasteiger partial charge in [0, 0.05) is 25.0 Å². The number of likely N-dealkylation sites (tertiary alicyclic amines) is 1. The molecule has 3 unspecified atom stereocenters. The lowest BCUT2D eigenvalue weighted by molar-refractivity contribution is -0.122. The molecular formula is C14H27N3O. The Balaban J connectivity index is 1.68. The summed E-state index contributed by atoms with van der Waals surface area (Å²) >= 11 is 0. The molecule has 2 heterocycles. The fraction of sp³-hybridized carbons (Fsp3) is 0.929. The zero-order chi connectivity index (χ0) is 13.0. The summed E-state index contributed by atoms with van der Waals surface area (Å²) in [4.78, 5) is 14.3. The molecule has 1 amide bonds. The highest BCUT2D eigenvalue weighted by molar-refractivity contribution is 5.76. The summed E-state index contributed by atoms with van der Waals surface area (Å²) in [5.74, 6) is 0.834. The molecule has 2 aliphatic rings. The smallest absolute Gasteiger partial charge is 0.221 e. The highest BCUT2D eigenvalue weighted by Gasteiger charge is 2.25. The zero-order valence-electron chi connectivity index (χ0n) is 11.7. The first-order valence-electron chi connectivity index (χ1n) is 7.37. The molecule has 0 aliphatic carbocycles. The van der Waals surface area contributed by atoms with E-state index >= 15 is 0 Å². The van der Waals surface area contributed by atoms with Gasteiger partial charge in [-0.3, -0.25) is 4.79 Å². The first-order valence-corrected chi connectivity index (χ1v) is 7.37. The quantitative estimate of drug-likeness (QED) is 0.785. The second kappa shape index (κ2) is 6.53. The summed E-state index contributed by atoms with van der Waals surface area (Å²) in [6.45, 7) is 5.29. The minimum atomic E-state index is 0.210. The summed E-state index contributed by atoms with van der Waals surface area (Å²) in [5.41, 5.74) is 0. The van der Waals surface area contributed by atoms with E-state index in [2.05, 4.69) is 29.5 Å². The lowest BCUT2D eigenvalue weighted by Crippen LogP contribution is -2.45. The van der Waals surface area contributed by atoms with E-state index in [1.165, 1.54) is 32.2 Å². The Morgan fingerprint density at radius 1 is 1.39 bits per heavy atom. The maximum atomic E-state index is 12.0. The van der Waals surface area contributed by atoms with Crippen LogP contribution in [0, 0.1) is 5.92 Å². The Bertz CT molecular complexity index is 282. The standard InChI is InChI=1S/C14H27N3O/c1-11-5-3-7-15-13(11)9-14(18)16-10-12-6-4-8-17(12)2/h11-13,15H,3-10H2,1-2H3,(H,16,18). The van der Waals surface area contributed by atoms with E-state index in [1.807, 2.05) is 0 Å². The van der Waals surface area contributed by atoms with Gasteiger partial charge >= 0.3 is 0 Å². The number of hydrogen-bond donors (Lipinski definition) is 2. The summed E-state index contributed by atoms with van der Waals surface area (Å²) in [6.07, 6.45) is 5.60. The molecule has 2 aliphatic heterocycles. The molecule has 0 radical (unpaired) electrons. The van der Waals surface area contributed by atoms with Crippen molar-refractivity contribution in [3.05, 3.63) is 0 Å². The number of hydrogen-bond acceptors (Lipinski definition) is 3. The second-order valence-corrected chi connectivity index (χ2v) is 5.96. The van der Waals surface area contributed by atoms with Crippen LogP contribution in [0.3, 0.4) is 0 Å². The van der Waals surface area contributed by atoms with E-state index in [0.29, 0.717) is 24.4 Å². The van der Waals surface area contributed by atoms with Crippen molar-refractivity contribution in [2.45, 2.75) is 51.1 Å². The number of carbonyl (C=O) groups excluding carboxylic acids is 1. The lowest BCUT2D eigenvalue weighted by atomic mass is 9.90. The molecule has 2 rings (SSSR count). The van der Waals surface area contributed by atoms with Crippen molar-refractivity contribution in [3.8, 4) is 0 Å². The molecule has 2 N–H and O–H groups in total. The van der Waals surface area contributed by atoms with Gasteiger partial charge in [0.25, 0.3) is 0 Å². The topological polar surface area (TPSA) is 44.4 Å². The SMILES string of the molecule is CC1CCCNC1CC(=O)NCC1CCCN1C. The molecule has 0 aromatic heterocycles. The van der Waals surface area contributed by atoms with Gasteiger partial charge in [0.1, 0.15) is 0 Å². The van der Waals surface area contributed by atoms with Crippen LogP contribution in [0.5, 0.6) is 0 Å². The molecule has 18 heavy (non-hydrogen) atoms. The van der Waals surface area contributed by atoms with Crippen LogP contribution in [0.1, 0.15) is 39.0 Å². The van der Waals surface area contributed by atoms with Crippen LogP contribution in [0.4, 0.5) is 0 Å². The third-order valence-electron chi connectivity index (χ3n) is 4.54. The highest BCUT2D eigenvalue weighted by atomic mass is 16.1. The third-order valence-corrected chi connectivity index (χ3v) is 4.54. The molecule has 0 aromatic carbocycles. The number of nitrogens with one attached hydrogen (secondary N) is 2. The molecule has 104 valence electrons. The summed E-state index contributed by atoms with van der Waals surface area (Å²) in [6, 6.07) is 0.922. The van der Waals surface area contributed by atoms with Crippen LogP contribution < -0.4 is 10.6 Å². The Labute approximate surface area is 110 Å². The van der Waals surface area contributed by atoms with Crippen LogP contribution in [-0.4, -0.2) is 49.6 Å². The molecule has 0 bridgehead atoms. The van der Waals surface area contributed by atoms with Gasteiger partial charge < -0.3 is 15.5 Å². The van der Waals surface area contributed by atoms with Gasteiger partial charge in [-0.1, -0.05) is 6.92 Å². The summed E-state index contributed by atoms with van der Waals surface area (Å²) in [5, 5.41) is 6.57. The van der Waals surface area contributed by atoms with Crippen molar-refractivity contribution in [1.82, 2.24) is 15.5 Å². The van der Waals surface area contributed by atoms with Crippen LogP contribution in [0.25, 0.3) is 0 Å². The molecule has 2 saturated heterocycles. The molecule has 0 spiro atoms. The Kier molecular flexibility index (Phi) is 5.01. The molecule has 0 aromatic rings. The van der Waals surface area contributed by atoms with Crippen molar-refractivity contribution in [3.63, 3.8) is 0 Å². The molecule has 0 saturated carbocycles. The van der Waals surface area contributed by atoms with Gasteiger partial charge in [0.05, 0.1) is 0 Å². The van der Waals surface area contributed by atoms with Gasteiger partial charge in [-0.05, 0) is 51.7 Å². The van der Waals surface area contributed by atoms with Crippen molar-refractivity contribution < 1.29 is 4.79 Å².